The van der Waals surface area contributed by atoms with Crippen molar-refractivity contribution in [2.75, 3.05) is 11.1 Å². The number of aromatic nitrogens is 1. The highest BCUT2D eigenvalue weighted by Gasteiger charge is 2.11. The Labute approximate surface area is 120 Å². The van der Waals surface area contributed by atoms with Crippen LogP contribution in [0.15, 0.2) is 30.5 Å². The smallest absolute Gasteiger partial charge is 0.256 e. The van der Waals surface area contributed by atoms with Crippen molar-refractivity contribution in [3.05, 3.63) is 51.6 Å². The normalized spacial score (nSPS) is 10.3. The van der Waals surface area contributed by atoms with Gasteiger partial charge >= 0.3 is 0 Å². The lowest BCUT2D eigenvalue weighted by atomic mass is 10.2. The largest absolute Gasteiger partial charge is 0.396 e. The summed E-state index contributed by atoms with van der Waals surface area (Å²) < 4.78 is 0. The van der Waals surface area contributed by atoms with Crippen molar-refractivity contribution in [3.8, 4) is 0 Å². The topological polar surface area (TPSA) is 68.0 Å². The van der Waals surface area contributed by atoms with Crippen LogP contribution >= 0.6 is 23.2 Å². The van der Waals surface area contributed by atoms with Gasteiger partial charge in [0.15, 0.2) is 0 Å². The minimum absolute atomic E-state index is 0.245. The van der Waals surface area contributed by atoms with Crippen LogP contribution in [0.2, 0.25) is 10.0 Å². The highest BCUT2D eigenvalue weighted by atomic mass is 35.5. The number of hydrogen-bond donors (Lipinski definition) is 2. The van der Waals surface area contributed by atoms with E-state index < -0.39 is 0 Å². The van der Waals surface area contributed by atoms with E-state index in [1.54, 1.807) is 12.3 Å². The van der Waals surface area contributed by atoms with Crippen molar-refractivity contribution in [2.24, 2.45) is 0 Å². The van der Waals surface area contributed by atoms with Crippen molar-refractivity contribution in [3.63, 3.8) is 0 Å². The molecule has 2 rings (SSSR count). The van der Waals surface area contributed by atoms with Crippen LogP contribution in [0, 0.1) is 6.92 Å². The summed E-state index contributed by atoms with van der Waals surface area (Å²) in [5.74, 6) is 0.111. The first-order valence-corrected chi connectivity index (χ1v) is 6.21. The summed E-state index contributed by atoms with van der Waals surface area (Å²) in [5.41, 5.74) is 7.21. The molecular weight excluding hydrogens is 285 g/mol. The summed E-state index contributed by atoms with van der Waals surface area (Å²) >= 11 is 11.8. The average molecular weight is 296 g/mol. The summed E-state index contributed by atoms with van der Waals surface area (Å²) in [6, 6.07) is 6.50. The Bertz CT molecular complexity index is 603. The summed E-state index contributed by atoms with van der Waals surface area (Å²) in [6.07, 6.45) is 1.67. The molecule has 2 aromatic rings. The van der Waals surface area contributed by atoms with E-state index in [1.165, 1.54) is 12.1 Å². The van der Waals surface area contributed by atoms with Crippen LogP contribution in [-0.4, -0.2) is 10.9 Å². The number of aryl methyl sites for hydroxylation is 1. The van der Waals surface area contributed by atoms with E-state index in [1.807, 2.05) is 13.0 Å². The lowest BCUT2D eigenvalue weighted by Crippen LogP contribution is -2.13. The predicted molar refractivity (Wildman–Crippen MR) is 77.8 cm³/mol. The number of anilines is 2. The molecule has 4 nitrogen and oxygen atoms in total. The number of nitrogens with zero attached hydrogens (tertiary/aromatic N) is 1. The molecule has 1 amide bonds. The highest BCUT2D eigenvalue weighted by Crippen LogP contribution is 2.29. The molecule has 0 aliphatic carbocycles. The van der Waals surface area contributed by atoms with Crippen LogP contribution in [0.25, 0.3) is 0 Å². The van der Waals surface area contributed by atoms with Crippen molar-refractivity contribution in [2.45, 2.75) is 6.92 Å². The molecule has 0 atom stereocenters. The number of pyridine rings is 1. The minimum atomic E-state index is -0.347. The molecule has 0 saturated heterocycles. The van der Waals surface area contributed by atoms with Gasteiger partial charge in [-0.25, -0.2) is 4.98 Å². The molecule has 0 saturated carbocycles. The van der Waals surface area contributed by atoms with Gasteiger partial charge in [-0.1, -0.05) is 29.3 Å². The lowest BCUT2D eigenvalue weighted by molar-refractivity contribution is 0.102. The zero-order valence-electron chi connectivity index (χ0n) is 10.1. The Balaban J connectivity index is 2.23. The Morgan fingerprint density at radius 3 is 2.42 bits per heavy atom. The van der Waals surface area contributed by atoms with Crippen LogP contribution in [0.1, 0.15) is 15.9 Å². The number of carbonyl (C=O) groups is 1. The van der Waals surface area contributed by atoms with Gasteiger partial charge in [0.05, 0.1) is 15.7 Å². The Morgan fingerprint density at radius 1 is 1.26 bits per heavy atom. The predicted octanol–water partition coefficient (Wildman–Crippen LogP) is 3.53. The van der Waals surface area contributed by atoms with Crippen molar-refractivity contribution < 1.29 is 4.79 Å². The maximum Gasteiger partial charge on any atom is 0.256 e. The van der Waals surface area contributed by atoms with E-state index in [4.69, 9.17) is 28.9 Å². The van der Waals surface area contributed by atoms with Crippen molar-refractivity contribution >= 4 is 40.6 Å². The van der Waals surface area contributed by atoms with E-state index >= 15 is 0 Å². The third kappa shape index (κ3) is 3.16. The maximum absolute atomic E-state index is 12.0. The van der Waals surface area contributed by atoms with Crippen molar-refractivity contribution in [1.82, 2.24) is 4.98 Å². The van der Waals surface area contributed by atoms with E-state index in [0.29, 0.717) is 11.4 Å². The van der Waals surface area contributed by atoms with E-state index in [9.17, 15) is 4.79 Å². The van der Waals surface area contributed by atoms with Gasteiger partial charge < -0.3 is 11.1 Å². The maximum atomic E-state index is 12.0. The molecule has 0 spiro atoms. The standard InChI is InChI=1S/C13H11Cl2N3O/c1-7-2-3-11(17-6-7)18-13(19)8-4-9(14)12(16)10(15)5-8/h2-6H,16H2,1H3,(H,17,18,19). The van der Waals surface area contributed by atoms with Gasteiger partial charge in [-0.05, 0) is 30.7 Å². The van der Waals surface area contributed by atoms with Crippen LogP contribution in [0.5, 0.6) is 0 Å². The SMILES string of the molecule is Cc1ccc(NC(=O)c2cc(Cl)c(N)c(Cl)c2)nc1. The number of rotatable bonds is 2. The van der Waals surface area contributed by atoms with Gasteiger partial charge in [0.25, 0.3) is 5.91 Å². The second-order valence-electron chi connectivity index (χ2n) is 4.03. The molecule has 98 valence electrons. The Kier molecular flexibility index (Phi) is 3.93. The number of nitrogens with two attached hydrogens (primary N) is 1. The minimum Gasteiger partial charge on any atom is -0.396 e. The number of hydrogen-bond acceptors (Lipinski definition) is 3. The molecule has 0 fully saturated rings. The summed E-state index contributed by atoms with van der Waals surface area (Å²) in [7, 11) is 0. The van der Waals surface area contributed by atoms with E-state index in [2.05, 4.69) is 10.3 Å². The second-order valence-corrected chi connectivity index (χ2v) is 4.84. The number of amides is 1. The molecule has 0 unspecified atom stereocenters. The van der Waals surface area contributed by atoms with Crippen LogP contribution in [0.4, 0.5) is 11.5 Å². The lowest BCUT2D eigenvalue weighted by Gasteiger charge is -2.07. The molecule has 0 radical (unpaired) electrons. The quantitative estimate of drug-likeness (QED) is 0.833. The number of halogens is 2. The Morgan fingerprint density at radius 2 is 1.89 bits per heavy atom. The molecular formula is C13H11Cl2N3O. The molecule has 19 heavy (non-hydrogen) atoms. The first-order chi connectivity index (χ1) is 8.97. The average Bonchev–Trinajstić information content (AvgIpc) is 2.38. The zero-order chi connectivity index (χ0) is 14.0. The van der Waals surface area contributed by atoms with Gasteiger partial charge in [-0.3, -0.25) is 4.79 Å². The summed E-state index contributed by atoms with van der Waals surface area (Å²) in [5, 5.41) is 3.14. The third-order valence-electron chi connectivity index (χ3n) is 2.49. The molecule has 0 aliphatic rings. The van der Waals surface area contributed by atoms with Gasteiger partial charge in [-0.2, -0.15) is 0 Å². The number of nitrogen functional groups attached to an aromatic ring is 1. The molecule has 0 aliphatic heterocycles. The highest BCUT2D eigenvalue weighted by molar-refractivity contribution is 6.39. The van der Waals surface area contributed by atoms with E-state index in [-0.39, 0.29) is 21.6 Å². The summed E-state index contributed by atoms with van der Waals surface area (Å²) in [6.45, 7) is 1.91. The molecule has 1 heterocycles. The molecule has 1 aromatic carbocycles. The summed E-state index contributed by atoms with van der Waals surface area (Å²) in [4.78, 5) is 16.1. The first-order valence-electron chi connectivity index (χ1n) is 5.46. The molecule has 3 N–H and O–H groups in total. The van der Waals surface area contributed by atoms with Gasteiger partial charge in [-0.15, -0.1) is 0 Å². The molecule has 0 bridgehead atoms. The zero-order valence-corrected chi connectivity index (χ0v) is 11.6. The van der Waals surface area contributed by atoms with Gasteiger partial charge in [0, 0.05) is 11.8 Å². The van der Waals surface area contributed by atoms with Crippen LogP contribution < -0.4 is 11.1 Å². The van der Waals surface area contributed by atoms with Crippen molar-refractivity contribution in [1.29, 1.82) is 0 Å². The molecule has 1 aromatic heterocycles. The fraction of sp³-hybridized carbons (Fsp3) is 0.0769. The third-order valence-corrected chi connectivity index (χ3v) is 3.12. The van der Waals surface area contributed by atoms with Gasteiger partial charge in [0.1, 0.15) is 5.82 Å². The molecule has 6 heteroatoms. The first kappa shape index (κ1) is 13.6. The monoisotopic (exact) mass is 295 g/mol. The van der Waals surface area contributed by atoms with Crippen LogP contribution in [0.3, 0.4) is 0 Å². The number of carbonyl (C=O) groups excluding carboxylic acids is 1. The van der Waals surface area contributed by atoms with E-state index in [0.717, 1.165) is 5.56 Å². The Hall–Kier alpha value is -1.78. The fourth-order valence-corrected chi connectivity index (χ4v) is 1.93. The number of nitrogens with one attached hydrogen (secondary N) is 1. The van der Waals surface area contributed by atoms with Gasteiger partial charge in [0.2, 0.25) is 0 Å². The van der Waals surface area contributed by atoms with Crippen LogP contribution in [-0.2, 0) is 0 Å². The second kappa shape index (κ2) is 5.47. The number of benzene rings is 1. The fourth-order valence-electron chi connectivity index (χ4n) is 1.45.